The van der Waals surface area contributed by atoms with Crippen molar-refractivity contribution < 1.29 is 22.8 Å². The molecular formula is C13H20NO5S-. The van der Waals surface area contributed by atoms with Crippen molar-refractivity contribution in [1.82, 2.24) is 4.31 Å². The van der Waals surface area contributed by atoms with Gasteiger partial charge in [-0.1, -0.05) is 6.07 Å². The fraction of sp³-hybridized carbons (Fsp3) is 0.538. The minimum atomic E-state index is -4.53. The third-order valence-corrected chi connectivity index (χ3v) is 3.96. The lowest BCUT2D eigenvalue weighted by Gasteiger charge is -2.23. The summed E-state index contributed by atoms with van der Waals surface area (Å²) in [6.07, 6.45) is -1.07. The molecule has 20 heavy (non-hydrogen) atoms. The minimum absolute atomic E-state index is 0.0798. The number of nitrogens with zero attached hydrogens (tertiary/aromatic N) is 1. The first-order valence-corrected chi connectivity index (χ1v) is 7.53. The van der Waals surface area contributed by atoms with E-state index in [0.717, 1.165) is 23.7 Å². The number of aliphatic hydroxyl groups excluding tert-OH is 1. The Morgan fingerprint density at radius 1 is 1.35 bits per heavy atom. The highest BCUT2D eigenvalue weighted by atomic mass is 32.2. The van der Waals surface area contributed by atoms with Crippen molar-refractivity contribution in [2.75, 3.05) is 20.2 Å². The van der Waals surface area contributed by atoms with Crippen molar-refractivity contribution in [2.24, 2.45) is 0 Å². The molecule has 0 aliphatic carbocycles. The molecule has 1 aromatic carbocycles. The Kier molecular flexibility index (Phi) is 5.52. The first-order chi connectivity index (χ1) is 9.11. The van der Waals surface area contributed by atoms with Crippen LogP contribution in [-0.2, 0) is 10.3 Å². The maximum atomic E-state index is 10.7. The Hall–Kier alpha value is -1.15. The maximum Gasteiger partial charge on any atom is 0.161 e. The highest BCUT2D eigenvalue weighted by Crippen LogP contribution is 2.23. The summed E-state index contributed by atoms with van der Waals surface area (Å²) in [5.41, 5.74) is 3.08. The zero-order valence-electron chi connectivity index (χ0n) is 12.1. The molecule has 0 saturated heterocycles. The number of aliphatic hydroxyl groups is 1. The molecule has 0 radical (unpaired) electrons. The van der Waals surface area contributed by atoms with Gasteiger partial charge < -0.3 is 14.4 Å². The van der Waals surface area contributed by atoms with Gasteiger partial charge in [0.25, 0.3) is 0 Å². The van der Waals surface area contributed by atoms with E-state index in [2.05, 4.69) is 0 Å². The topological polar surface area (TPSA) is 89.9 Å². The molecule has 1 unspecified atom stereocenters. The molecule has 1 N–H and O–H groups in total. The van der Waals surface area contributed by atoms with Crippen LogP contribution in [0.2, 0.25) is 0 Å². The standard InChI is InChI=1S/C13H21NO5S/c1-9-5-10(2)11(3)13(6-9)19-8-12(15)7-14(4)20(16,17)18/h5-6,12,15H,7-8H2,1-4H3,(H,16,17,18)/p-1. The van der Waals surface area contributed by atoms with Crippen molar-refractivity contribution in [3.8, 4) is 5.75 Å². The van der Waals surface area contributed by atoms with Crippen LogP contribution >= 0.6 is 0 Å². The highest BCUT2D eigenvalue weighted by molar-refractivity contribution is 7.83. The second kappa shape index (κ2) is 6.53. The number of hydrogen-bond acceptors (Lipinski definition) is 5. The summed E-state index contributed by atoms with van der Waals surface area (Å²) in [4.78, 5) is 0. The Morgan fingerprint density at radius 3 is 2.50 bits per heavy atom. The van der Waals surface area contributed by atoms with Gasteiger partial charge in [0, 0.05) is 13.6 Å². The average molecular weight is 302 g/mol. The van der Waals surface area contributed by atoms with Crippen LogP contribution in [0.5, 0.6) is 5.75 Å². The van der Waals surface area contributed by atoms with Crippen LogP contribution in [0.1, 0.15) is 16.7 Å². The number of rotatable bonds is 6. The molecule has 0 fully saturated rings. The quantitative estimate of drug-likeness (QED) is 0.783. The lowest BCUT2D eigenvalue weighted by molar-refractivity contribution is 0.0912. The van der Waals surface area contributed by atoms with Gasteiger partial charge >= 0.3 is 0 Å². The SMILES string of the molecule is Cc1cc(C)c(C)c(OCC(O)CN(C)S(=O)(=O)[O-])c1. The van der Waals surface area contributed by atoms with Gasteiger partial charge in [0.15, 0.2) is 10.3 Å². The van der Waals surface area contributed by atoms with Crippen LogP contribution in [0, 0.1) is 20.8 Å². The molecule has 0 heterocycles. The maximum absolute atomic E-state index is 10.7. The Labute approximate surface area is 119 Å². The van der Waals surface area contributed by atoms with Crippen LogP contribution in [-0.4, -0.2) is 48.7 Å². The van der Waals surface area contributed by atoms with E-state index in [1.165, 1.54) is 0 Å². The first-order valence-electron chi connectivity index (χ1n) is 6.17. The minimum Gasteiger partial charge on any atom is -0.735 e. The van der Waals surface area contributed by atoms with Gasteiger partial charge in [-0.25, -0.2) is 12.7 Å². The summed E-state index contributed by atoms with van der Waals surface area (Å²) in [6, 6.07) is 3.87. The zero-order valence-corrected chi connectivity index (χ0v) is 12.9. The van der Waals surface area contributed by atoms with Crippen LogP contribution < -0.4 is 4.74 Å². The fourth-order valence-corrected chi connectivity index (χ4v) is 2.13. The van der Waals surface area contributed by atoms with Crippen LogP contribution in [0.3, 0.4) is 0 Å². The van der Waals surface area contributed by atoms with Crippen molar-refractivity contribution in [3.63, 3.8) is 0 Å². The van der Waals surface area contributed by atoms with Gasteiger partial charge in [0.05, 0.1) is 0 Å². The fourth-order valence-electron chi connectivity index (χ4n) is 1.78. The van der Waals surface area contributed by atoms with Crippen molar-refractivity contribution in [1.29, 1.82) is 0 Å². The van der Waals surface area contributed by atoms with E-state index in [4.69, 9.17) is 4.74 Å². The van der Waals surface area contributed by atoms with E-state index < -0.39 is 16.4 Å². The second-order valence-electron chi connectivity index (χ2n) is 4.91. The third-order valence-electron chi connectivity index (χ3n) is 3.04. The van der Waals surface area contributed by atoms with Gasteiger partial charge in [-0.2, -0.15) is 0 Å². The molecule has 0 amide bonds. The summed E-state index contributed by atoms with van der Waals surface area (Å²) in [5.74, 6) is 0.647. The van der Waals surface area contributed by atoms with Crippen molar-refractivity contribution in [2.45, 2.75) is 26.9 Å². The summed E-state index contributed by atoms with van der Waals surface area (Å²) in [6.45, 7) is 5.43. The first kappa shape index (κ1) is 16.9. The van der Waals surface area contributed by atoms with Crippen LogP contribution in [0.25, 0.3) is 0 Å². The van der Waals surface area contributed by atoms with Gasteiger partial charge in [-0.3, -0.25) is 0 Å². The number of ether oxygens (including phenoxy) is 1. The van der Waals surface area contributed by atoms with Crippen molar-refractivity contribution >= 4 is 10.3 Å². The zero-order chi connectivity index (χ0) is 15.5. The predicted molar refractivity (Wildman–Crippen MR) is 74.5 cm³/mol. The Bertz CT molecular complexity index is 570. The molecule has 0 spiro atoms. The van der Waals surface area contributed by atoms with Crippen LogP contribution in [0.15, 0.2) is 12.1 Å². The van der Waals surface area contributed by atoms with Gasteiger partial charge in [0.1, 0.15) is 18.5 Å². The smallest absolute Gasteiger partial charge is 0.161 e. The molecule has 6 nitrogen and oxygen atoms in total. The lowest BCUT2D eigenvalue weighted by Crippen LogP contribution is -2.36. The third kappa shape index (κ3) is 4.75. The predicted octanol–water partition coefficient (Wildman–Crippen LogP) is 0.744. The molecule has 1 aromatic rings. The van der Waals surface area contributed by atoms with E-state index in [9.17, 15) is 18.1 Å². The molecule has 0 aliphatic heterocycles. The molecule has 7 heteroatoms. The molecule has 0 bridgehead atoms. The number of aryl methyl sites for hydroxylation is 2. The van der Waals surface area contributed by atoms with Gasteiger partial charge in [-0.15, -0.1) is 0 Å². The normalized spacial score (nSPS) is 13.6. The molecular weight excluding hydrogens is 282 g/mol. The van der Waals surface area contributed by atoms with Crippen LogP contribution in [0.4, 0.5) is 0 Å². The Balaban J connectivity index is 2.64. The van der Waals surface area contributed by atoms with Gasteiger partial charge in [-0.05, 0) is 43.5 Å². The highest BCUT2D eigenvalue weighted by Gasteiger charge is 2.14. The van der Waals surface area contributed by atoms with E-state index in [0.29, 0.717) is 10.1 Å². The Morgan fingerprint density at radius 2 is 1.95 bits per heavy atom. The summed E-state index contributed by atoms with van der Waals surface area (Å²) in [5, 5.41) is 9.70. The molecule has 1 rings (SSSR count). The van der Waals surface area contributed by atoms with E-state index in [-0.39, 0.29) is 13.2 Å². The second-order valence-corrected chi connectivity index (χ2v) is 6.39. The number of benzene rings is 1. The van der Waals surface area contributed by atoms with E-state index in [1.54, 1.807) is 0 Å². The summed E-state index contributed by atoms with van der Waals surface area (Å²) >= 11 is 0. The molecule has 0 saturated carbocycles. The average Bonchev–Trinajstić information content (AvgIpc) is 2.30. The van der Waals surface area contributed by atoms with E-state index in [1.807, 2.05) is 32.9 Å². The largest absolute Gasteiger partial charge is 0.735 e. The monoisotopic (exact) mass is 302 g/mol. The van der Waals surface area contributed by atoms with E-state index >= 15 is 0 Å². The lowest BCUT2D eigenvalue weighted by atomic mass is 10.1. The molecule has 0 aromatic heterocycles. The van der Waals surface area contributed by atoms with Crippen molar-refractivity contribution in [3.05, 3.63) is 28.8 Å². The summed E-state index contributed by atoms with van der Waals surface area (Å²) in [7, 11) is -3.42. The number of likely N-dealkylation sites (N-methyl/N-ethyl adjacent to an activating group) is 1. The summed E-state index contributed by atoms with van der Waals surface area (Å²) < 4.78 is 38.2. The number of hydrogen-bond donors (Lipinski definition) is 1. The van der Waals surface area contributed by atoms with Gasteiger partial charge in [0.2, 0.25) is 0 Å². The molecule has 0 aliphatic rings. The molecule has 1 atom stereocenters. The molecule has 114 valence electrons.